The van der Waals surface area contributed by atoms with Crippen LogP contribution in [0.2, 0.25) is 0 Å². The monoisotopic (exact) mass is 282 g/mol. The normalized spacial score (nSPS) is 19.1. The average Bonchev–Trinajstić information content (AvgIpc) is 2.96. The molecule has 1 N–H and O–H groups in total. The van der Waals surface area contributed by atoms with Gasteiger partial charge in [0.2, 0.25) is 5.89 Å². The van der Waals surface area contributed by atoms with Crippen molar-refractivity contribution in [3.05, 3.63) is 11.7 Å². The van der Waals surface area contributed by atoms with Gasteiger partial charge in [0.05, 0.1) is 6.61 Å². The van der Waals surface area contributed by atoms with Gasteiger partial charge in [0.15, 0.2) is 5.82 Å². The fraction of sp³-hybridized carbons (Fsp3) is 0.769. The Bertz CT molecular complexity index is 435. The van der Waals surface area contributed by atoms with Crippen LogP contribution >= 0.6 is 0 Å². The molecular weight excluding hydrogens is 260 g/mol. The number of ether oxygens (including phenoxy) is 1. The molecule has 2 heterocycles. The van der Waals surface area contributed by atoms with Crippen molar-refractivity contribution >= 4 is 6.03 Å². The fourth-order valence-corrected chi connectivity index (χ4v) is 2.32. The van der Waals surface area contributed by atoms with Gasteiger partial charge in [-0.05, 0) is 12.8 Å². The minimum Gasteiger partial charge on any atom is -0.383 e. The number of hydrogen-bond acceptors (Lipinski definition) is 5. The van der Waals surface area contributed by atoms with Gasteiger partial charge < -0.3 is 19.5 Å². The first-order valence-corrected chi connectivity index (χ1v) is 7.08. The number of aromatic nitrogens is 2. The molecule has 1 fully saturated rings. The van der Waals surface area contributed by atoms with Gasteiger partial charge in [-0.1, -0.05) is 12.1 Å². The van der Waals surface area contributed by atoms with E-state index in [1.165, 1.54) is 0 Å². The van der Waals surface area contributed by atoms with Crippen molar-refractivity contribution in [1.82, 2.24) is 20.4 Å². The maximum absolute atomic E-state index is 12.0. The van der Waals surface area contributed by atoms with Gasteiger partial charge in [-0.25, -0.2) is 4.79 Å². The van der Waals surface area contributed by atoms with Crippen molar-refractivity contribution in [2.24, 2.45) is 0 Å². The Labute approximate surface area is 118 Å². The first-order chi connectivity index (χ1) is 9.74. The molecule has 20 heavy (non-hydrogen) atoms. The molecule has 0 bridgehead atoms. The number of hydrogen-bond donors (Lipinski definition) is 1. The number of piperidine rings is 1. The Morgan fingerprint density at radius 2 is 2.45 bits per heavy atom. The number of likely N-dealkylation sites (tertiary alicyclic amines) is 1. The molecule has 0 aliphatic carbocycles. The van der Waals surface area contributed by atoms with Gasteiger partial charge in [0.1, 0.15) is 0 Å². The number of amides is 2. The Morgan fingerprint density at radius 1 is 1.60 bits per heavy atom. The summed E-state index contributed by atoms with van der Waals surface area (Å²) < 4.78 is 10.1. The number of carbonyl (C=O) groups excluding carboxylic acids is 1. The Hall–Kier alpha value is -1.63. The maximum atomic E-state index is 12.0. The summed E-state index contributed by atoms with van der Waals surface area (Å²) in [7, 11) is 1.62. The Kier molecular flexibility index (Phi) is 5.34. The van der Waals surface area contributed by atoms with E-state index in [4.69, 9.17) is 9.26 Å². The van der Waals surface area contributed by atoms with Crippen molar-refractivity contribution in [2.75, 3.05) is 33.4 Å². The van der Waals surface area contributed by atoms with Crippen LogP contribution in [-0.2, 0) is 11.2 Å². The van der Waals surface area contributed by atoms with Crippen LogP contribution in [0.25, 0.3) is 0 Å². The fourth-order valence-electron chi connectivity index (χ4n) is 2.32. The van der Waals surface area contributed by atoms with E-state index in [9.17, 15) is 4.79 Å². The second-order valence-electron chi connectivity index (χ2n) is 4.91. The second-order valence-corrected chi connectivity index (χ2v) is 4.91. The first kappa shape index (κ1) is 14.8. The summed E-state index contributed by atoms with van der Waals surface area (Å²) in [5.41, 5.74) is 0. The molecule has 1 saturated heterocycles. The number of aryl methyl sites for hydroxylation is 1. The van der Waals surface area contributed by atoms with E-state index in [2.05, 4.69) is 15.5 Å². The summed E-state index contributed by atoms with van der Waals surface area (Å²) in [4.78, 5) is 18.2. The third kappa shape index (κ3) is 3.69. The van der Waals surface area contributed by atoms with Crippen LogP contribution < -0.4 is 5.32 Å². The van der Waals surface area contributed by atoms with E-state index in [1.54, 1.807) is 7.11 Å². The predicted molar refractivity (Wildman–Crippen MR) is 72.5 cm³/mol. The lowest BCUT2D eigenvalue weighted by Crippen LogP contribution is -2.45. The predicted octanol–water partition coefficient (Wildman–Crippen LogP) is 1.17. The smallest absolute Gasteiger partial charge is 0.317 e. The van der Waals surface area contributed by atoms with Crippen molar-refractivity contribution in [1.29, 1.82) is 0 Å². The highest BCUT2D eigenvalue weighted by Crippen LogP contribution is 2.24. The molecule has 7 nitrogen and oxygen atoms in total. The molecule has 112 valence electrons. The summed E-state index contributed by atoms with van der Waals surface area (Å²) in [6.45, 7) is 4.44. The van der Waals surface area contributed by atoms with Crippen molar-refractivity contribution < 1.29 is 14.1 Å². The SMILES string of the molecule is CCc1nc([C@@H]2CCCN(C(=O)NCCOC)C2)no1. The molecule has 7 heteroatoms. The summed E-state index contributed by atoms with van der Waals surface area (Å²) in [5, 5.41) is 6.85. The van der Waals surface area contributed by atoms with Crippen LogP contribution in [0.3, 0.4) is 0 Å². The summed E-state index contributed by atoms with van der Waals surface area (Å²) >= 11 is 0. The number of rotatable bonds is 5. The molecule has 1 aromatic heterocycles. The Morgan fingerprint density at radius 3 is 3.15 bits per heavy atom. The van der Waals surface area contributed by atoms with Gasteiger partial charge in [0, 0.05) is 39.1 Å². The van der Waals surface area contributed by atoms with Crippen LogP contribution in [0.15, 0.2) is 4.52 Å². The number of nitrogens with one attached hydrogen (secondary N) is 1. The zero-order chi connectivity index (χ0) is 14.4. The van der Waals surface area contributed by atoms with E-state index in [0.29, 0.717) is 25.6 Å². The van der Waals surface area contributed by atoms with E-state index >= 15 is 0 Å². The number of nitrogens with zero attached hydrogens (tertiary/aromatic N) is 3. The highest BCUT2D eigenvalue weighted by atomic mass is 16.5. The van der Waals surface area contributed by atoms with Gasteiger partial charge >= 0.3 is 6.03 Å². The van der Waals surface area contributed by atoms with Crippen molar-refractivity contribution in [2.45, 2.75) is 32.1 Å². The molecular formula is C13H22N4O3. The van der Waals surface area contributed by atoms with Gasteiger partial charge in [-0.15, -0.1) is 0 Å². The third-order valence-corrected chi connectivity index (χ3v) is 3.44. The molecule has 2 amide bonds. The maximum Gasteiger partial charge on any atom is 0.317 e. The largest absolute Gasteiger partial charge is 0.383 e. The van der Waals surface area contributed by atoms with Crippen LogP contribution in [0.1, 0.15) is 37.4 Å². The molecule has 2 rings (SSSR count). The minimum atomic E-state index is -0.0500. The average molecular weight is 282 g/mol. The molecule has 0 spiro atoms. The van der Waals surface area contributed by atoms with Crippen LogP contribution in [0, 0.1) is 0 Å². The zero-order valence-electron chi connectivity index (χ0n) is 12.1. The lowest BCUT2D eigenvalue weighted by Gasteiger charge is -2.31. The molecule has 0 radical (unpaired) electrons. The van der Waals surface area contributed by atoms with Crippen molar-refractivity contribution in [3.63, 3.8) is 0 Å². The number of urea groups is 1. The minimum absolute atomic E-state index is 0.0500. The zero-order valence-corrected chi connectivity index (χ0v) is 12.1. The highest BCUT2D eigenvalue weighted by molar-refractivity contribution is 5.74. The van der Waals surface area contributed by atoms with Crippen LogP contribution in [0.4, 0.5) is 4.79 Å². The molecule has 0 aromatic carbocycles. The molecule has 1 aliphatic heterocycles. The summed E-state index contributed by atoms with van der Waals surface area (Å²) in [5.74, 6) is 1.54. The summed E-state index contributed by atoms with van der Waals surface area (Å²) in [6, 6.07) is -0.0500. The molecule has 0 unspecified atom stereocenters. The van der Waals surface area contributed by atoms with E-state index in [1.807, 2.05) is 11.8 Å². The van der Waals surface area contributed by atoms with Crippen LogP contribution in [0.5, 0.6) is 0 Å². The van der Waals surface area contributed by atoms with Crippen molar-refractivity contribution in [3.8, 4) is 0 Å². The van der Waals surface area contributed by atoms with E-state index in [-0.39, 0.29) is 11.9 Å². The van der Waals surface area contributed by atoms with Crippen LogP contribution in [-0.4, -0.2) is 54.4 Å². The molecule has 1 atom stereocenters. The van der Waals surface area contributed by atoms with Gasteiger partial charge in [-0.3, -0.25) is 0 Å². The third-order valence-electron chi connectivity index (χ3n) is 3.44. The second kappa shape index (κ2) is 7.23. The standard InChI is InChI=1S/C13H22N4O3/c1-3-11-15-12(16-20-11)10-5-4-7-17(9-10)13(18)14-6-8-19-2/h10H,3-9H2,1-2H3,(H,14,18)/t10-/m1/s1. The Balaban J connectivity index is 1.89. The number of methoxy groups -OCH3 is 1. The lowest BCUT2D eigenvalue weighted by atomic mass is 9.98. The van der Waals surface area contributed by atoms with Gasteiger partial charge in [0.25, 0.3) is 0 Å². The first-order valence-electron chi connectivity index (χ1n) is 7.08. The van der Waals surface area contributed by atoms with Gasteiger partial charge in [-0.2, -0.15) is 4.98 Å². The summed E-state index contributed by atoms with van der Waals surface area (Å²) in [6.07, 6.45) is 2.68. The number of carbonyl (C=O) groups is 1. The topological polar surface area (TPSA) is 80.5 Å². The molecule has 1 aromatic rings. The lowest BCUT2D eigenvalue weighted by molar-refractivity contribution is 0.166. The molecule has 0 saturated carbocycles. The van der Waals surface area contributed by atoms with E-state index < -0.39 is 0 Å². The quantitative estimate of drug-likeness (QED) is 0.820. The highest BCUT2D eigenvalue weighted by Gasteiger charge is 2.27. The van der Waals surface area contributed by atoms with E-state index in [0.717, 1.165) is 31.6 Å². The molecule has 1 aliphatic rings.